The second-order valence-corrected chi connectivity index (χ2v) is 8.17. The monoisotopic (exact) mass is 468 g/mol. The number of methoxy groups -OCH3 is 3. The van der Waals surface area contributed by atoms with Gasteiger partial charge in [-0.3, -0.25) is 4.79 Å². The number of nitrogens with one attached hydrogen (secondary N) is 1. The van der Waals surface area contributed by atoms with Gasteiger partial charge in [0.2, 0.25) is 16.7 Å². The van der Waals surface area contributed by atoms with Crippen molar-refractivity contribution in [3.8, 4) is 28.6 Å². The largest absolute Gasteiger partial charge is 0.493 e. The Kier molecular flexibility index (Phi) is 5.47. The van der Waals surface area contributed by atoms with Crippen molar-refractivity contribution in [1.82, 2.24) is 14.9 Å². The standard InChI is InChI=1S/C22H20N4O6S/c1-28-15-10-12(11-16(29-2)19(15)30-3)21-23-24-22-26(21)25-17(13-6-4-8-31-13)20(33-22)18(27)14-7-5-9-32-14/h4-11,17,20,25H,1-3H3. The fourth-order valence-electron chi connectivity index (χ4n) is 3.69. The first-order chi connectivity index (χ1) is 16.1. The molecule has 0 amide bonds. The van der Waals surface area contributed by atoms with Gasteiger partial charge in [-0.05, 0) is 36.4 Å². The molecule has 170 valence electrons. The van der Waals surface area contributed by atoms with Gasteiger partial charge >= 0.3 is 0 Å². The third-order valence-electron chi connectivity index (χ3n) is 5.23. The number of carbonyl (C=O) groups is 1. The Hall–Kier alpha value is -3.86. The molecule has 1 aliphatic rings. The molecule has 2 unspecified atom stereocenters. The average Bonchev–Trinajstić information content (AvgIpc) is 3.63. The third kappa shape index (κ3) is 3.59. The molecule has 2 atom stereocenters. The number of ketones is 1. The highest BCUT2D eigenvalue weighted by atomic mass is 32.2. The van der Waals surface area contributed by atoms with Crippen LogP contribution in [0.25, 0.3) is 11.4 Å². The fourth-order valence-corrected chi connectivity index (χ4v) is 4.81. The van der Waals surface area contributed by atoms with Crippen molar-refractivity contribution in [2.45, 2.75) is 16.4 Å². The van der Waals surface area contributed by atoms with Crippen molar-refractivity contribution in [3.05, 3.63) is 60.4 Å². The van der Waals surface area contributed by atoms with Crippen LogP contribution in [-0.4, -0.2) is 47.2 Å². The van der Waals surface area contributed by atoms with Gasteiger partial charge in [0.25, 0.3) is 0 Å². The number of nitrogens with zero attached hydrogens (tertiary/aromatic N) is 3. The lowest BCUT2D eigenvalue weighted by molar-refractivity contribution is 0.0950. The molecular weight excluding hydrogens is 448 g/mol. The number of thioether (sulfide) groups is 1. The zero-order valence-electron chi connectivity index (χ0n) is 18.0. The molecule has 0 saturated heterocycles. The first-order valence-electron chi connectivity index (χ1n) is 9.94. The van der Waals surface area contributed by atoms with Crippen molar-refractivity contribution in [1.29, 1.82) is 0 Å². The maximum Gasteiger partial charge on any atom is 0.213 e. The van der Waals surface area contributed by atoms with E-state index in [2.05, 4.69) is 15.6 Å². The van der Waals surface area contributed by atoms with Crippen LogP contribution in [0.5, 0.6) is 17.2 Å². The molecule has 1 aliphatic heterocycles. The van der Waals surface area contributed by atoms with Crippen LogP contribution in [-0.2, 0) is 0 Å². The van der Waals surface area contributed by atoms with Gasteiger partial charge in [-0.25, -0.2) is 4.68 Å². The number of fused-ring (bicyclic) bond motifs is 1. The quantitative estimate of drug-likeness (QED) is 0.402. The number of aromatic nitrogens is 3. The summed E-state index contributed by atoms with van der Waals surface area (Å²) in [7, 11) is 4.64. The molecule has 5 rings (SSSR count). The van der Waals surface area contributed by atoms with Crippen molar-refractivity contribution < 1.29 is 27.8 Å². The van der Waals surface area contributed by atoms with Gasteiger partial charge in [-0.2, -0.15) is 0 Å². The summed E-state index contributed by atoms with van der Waals surface area (Å²) < 4.78 is 29.1. The van der Waals surface area contributed by atoms with E-state index in [1.165, 1.54) is 18.0 Å². The smallest absolute Gasteiger partial charge is 0.213 e. The van der Waals surface area contributed by atoms with E-state index in [0.717, 1.165) is 0 Å². The molecule has 0 aliphatic carbocycles. The number of Topliss-reactive ketones (excluding diaryl/α,β-unsaturated/α-hetero) is 1. The van der Waals surface area contributed by atoms with Crippen LogP contribution < -0.4 is 19.6 Å². The minimum absolute atomic E-state index is 0.178. The predicted octanol–water partition coefficient (Wildman–Crippen LogP) is 3.80. The van der Waals surface area contributed by atoms with Gasteiger partial charge in [0.05, 0.1) is 33.9 Å². The highest BCUT2D eigenvalue weighted by Crippen LogP contribution is 2.43. The maximum atomic E-state index is 13.2. The zero-order valence-corrected chi connectivity index (χ0v) is 18.8. The molecule has 0 saturated carbocycles. The lowest BCUT2D eigenvalue weighted by atomic mass is 10.1. The highest BCUT2D eigenvalue weighted by molar-refractivity contribution is 8.00. The maximum absolute atomic E-state index is 13.2. The van der Waals surface area contributed by atoms with E-state index in [4.69, 9.17) is 23.0 Å². The van der Waals surface area contributed by atoms with Crippen molar-refractivity contribution in [2.24, 2.45) is 0 Å². The van der Waals surface area contributed by atoms with Crippen LogP contribution in [0.3, 0.4) is 0 Å². The third-order valence-corrected chi connectivity index (χ3v) is 6.45. The Bertz CT molecular complexity index is 1240. The molecule has 4 aromatic rings. The van der Waals surface area contributed by atoms with E-state index in [1.807, 2.05) is 6.07 Å². The average molecular weight is 468 g/mol. The summed E-state index contributed by atoms with van der Waals surface area (Å²) in [5, 5.41) is 8.61. The summed E-state index contributed by atoms with van der Waals surface area (Å²) in [6.07, 6.45) is 3.04. The summed E-state index contributed by atoms with van der Waals surface area (Å²) in [6.45, 7) is 0. The van der Waals surface area contributed by atoms with Crippen molar-refractivity contribution in [2.75, 3.05) is 26.8 Å². The second kappa shape index (κ2) is 8.58. The molecule has 11 heteroatoms. The molecule has 33 heavy (non-hydrogen) atoms. The molecule has 0 spiro atoms. The van der Waals surface area contributed by atoms with E-state index in [1.54, 1.807) is 62.6 Å². The summed E-state index contributed by atoms with van der Waals surface area (Å²) in [6, 6.07) is 9.99. The molecule has 1 aromatic carbocycles. The molecule has 1 N–H and O–H groups in total. The van der Waals surface area contributed by atoms with Crippen LogP contribution in [0.1, 0.15) is 22.4 Å². The summed E-state index contributed by atoms with van der Waals surface area (Å²) >= 11 is 1.28. The molecular formula is C22H20N4O6S. The first-order valence-corrected chi connectivity index (χ1v) is 10.8. The molecule has 10 nitrogen and oxygen atoms in total. The highest BCUT2D eigenvalue weighted by Gasteiger charge is 2.40. The van der Waals surface area contributed by atoms with Crippen LogP contribution in [0.15, 0.2) is 62.9 Å². The number of hydrogen-bond acceptors (Lipinski definition) is 10. The molecule has 0 radical (unpaired) electrons. The Morgan fingerprint density at radius 1 is 1.03 bits per heavy atom. The van der Waals surface area contributed by atoms with Crippen LogP contribution in [0, 0.1) is 0 Å². The van der Waals surface area contributed by atoms with E-state index in [9.17, 15) is 4.79 Å². The molecule has 3 aromatic heterocycles. The van der Waals surface area contributed by atoms with Crippen LogP contribution in [0.2, 0.25) is 0 Å². The van der Waals surface area contributed by atoms with Gasteiger partial charge in [-0.1, -0.05) is 11.8 Å². The van der Waals surface area contributed by atoms with Crippen molar-refractivity contribution >= 4 is 17.5 Å². The number of benzene rings is 1. The zero-order chi connectivity index (χ0) is 22.9. The number of furan rings is 2. The Morgan fingerprint density at radius 3 is 2.36 bits per heavy atom. The fraction of sp³-hybridized carbons (Fsp3) is 0.227. The number of ether oxygens (including phenoxy) is 3. The number of rotatable bonds is 7. The summed E-state index contributed by atoms with van der Waals surface area (Å²) in [5.74, 6) is 2.65. The van der Waals surface area contributed by atoms with Crippen LogP contribution >= 0.6 is 11.8 Å². The lowest BCUT2D eigenvalue weighted by Crippen LogP contribution is -2.38. The molecule has 4 heterocycles. The predicted molar refractivity (Wildman–Crippen MR) is 119 cm³/mol. The van der Waals surface area contributed by atoms with E-state index < -0.39 is 11.3 Å². The summed E-state index contributed by atoms with van der Waals surface area (Å²) in [4.78, 5) is 13.2. The van der Waals surface area contributed by atoms with Crippen molar-refractivity contribution in [3.63, 3.8) is 0 Å². The van der Waals surface area contributed by atoms with Gasteiger partial charge in [0.15, 0.2) is 23.1 Å². The number of carbonyl (C=O) groups excluding carboxylic acids is 1. The molecule has 0 bridgehead atoms. The number of hydrogen-bond donors (Lipinski definition) is 1. The Balaban J connectivity index is 1.58. The van der Waals surface area contributed by atoms with Crippen LogP contribution in [0.4, 0.5) is 0 Å². The van der Waals surface area contributed by atoms with Gasteiger partial charge in [0, 0.05) is 5.56 Å². The van der Waals surface area contributed by atoms with Gasteiger partial charge < -0.3 is 28.5 Å². The van der Waals surface area contributed by atoms with Gasteiger partial charge in [-0.15, -0.1) is 10.2 Å². The normalized spacial score (nSPS) is 17.2. The van der Waals surface area contributed by atoms with Gasteiger partial charge in [0.1, 0.15) is 17.1 Å². The molecule has 0 fully saturated rings. The Morgan fingerprint density at radius 2 is 1.76 bits per heavy atom. The van der Waals surface area contributed by atoms with E-state index >= 15 is 0 Å². The van der Waals surface area contributed by atoms with E-state index in [0.29, 0.717) is 39.6 Å². The Labute approximate surface area is 192 Å². The van der Waals surface area contributed by atoms with E-state index in [-0.39, 0.29) is 11.5 Å². The lowest BCUT2D eigenvalue weighted by Gasteiger charge is -2.31. The second-order valence-electron chi connectivity index (χ2n) is 7.06. The first kappa shape index (κ1) is 21.0. The minimum atomic E-state index is -0.577. The summed E-state index contributed by atoms with van der Waals surface area (Å²) in [5.41, 5.74) is 4.03. The SMILES string of the molecule is COc1cc(-c2nnc3n2NC(c2ccco2)C(C(=O)c2ccco2)S3)cc(OC)c1OC. The minimum Gasteiger partial charge on any atom is -0.493 e. The topological polar surface area (TPSA) is 114 Å².